The standard InChI is InChI=1S/C14H26N2O3/c1-4-6-14(7-5-8-15-14)13(19)16-11(10(2)3)9-12(17)18/h10-11,15H,4-9H2,1-3H3,(H,16,19)(H,17,18). The molecule has 0 aromatic heterocycles. The highest BCUT2D eigenvalue weighted by atomic mass is 16.4. The second kappa shape index (κ2) is 6.89. The maximum Gasteiger partial charge on any atom is 0.305 e. The lowest BCUT2D eigenvalue weighted by Crippen LogP contribution is -2.56. The van der Waals surface area contributed by atoms with Crippen LogP contribution >= 0.6 is 0 Å². The number of rotatable bonds is 7. The van der Waals surface area contributed by atoms with E-state index in [2.05, 4.69) is 17.6 Å². The molecule has 19 heavy (non-hydrogen) atoms. The van der Waals surface area contributed by atoms with Gasteiger partial charge in [0, 0.05) is 6.04 Å². The van der Waals surface area contributed by atoms with Crippen molar-refractivity contribution in [3.8, 4) is 0 Å². The van der Waals surface area contributed by atoms with Crippen LogP contribution in [0.5, 0.6) is 0 Å². The maximum absolute atomic E-state index is 12.5. The molecule has 3 N–H and O–H groups in total. The van der Waals surface area contributed by atoms with Crippen LogP contribution in [0, 0.1) is 5.92 Å². The summed E-state index contributed by atoms with van der Waals surface area (Å²) in [5, 5.41) is 15.2. The van der Waals surface area contributed by atoms with E-state index in [4.69, 9.17) is 5.11 Å². The van der Waals surface area contributed by atoms with Gasteiger partial charge in [0.2, 0.25) is 5.91 Å². The summed E-state index contributed by atoms with van der Waals surface area (Å²) in [6, 6.07) is -0.305. The molecule has 0 radical (unpaired) electrons. The lowest BCUT2D eigenvalue weighted by Gasteiger charge is -2.31. The Kier molecular flexibility index (Phi) is 5.79. The Morgan fingerprint density at radius 3 is 2.53 bits per heavy atom. The van der Waals surface area contributed by atoms with Crippen LogP contribution in [0.4, 0.5) is 0 Å². The number of hydrogen-bond donors (Lipinski definition) is 3. The van der Waals surface area contributed by atoms with E-state index in [0.29, 0.717) is 0 Å². The van der Waals surface area contributed by atoms with Crippen LogP contribution in [0.25, 0.3) is 0 Å². The molecule has 0 aromatic rings. The van der Waals surface area contributed by atoms with Crippen molar-refractivity contribution >= 4 is 11.9 Å². The Hall–Kier alpha value is -1.10. The van der Waals surface area contributed by atoms with Gasteiger partial charge in [-0.05, 0) is 31.7 Å². The summed E-state index contributed by atoms with van der Waals surface area (Å²) < 4.78 is 0. The Morgan fingerprint density at radius 2 is 2.11 bits per heavy atom. The second-order valence-electron chi connectivity index (χ2n) is 5.78. The topological polar surface area (TPSA) is 78.4 Å². The van der Waals surface area contributed by atoms with Gasteiger partial charge < -0.3 is 15.7 Å². The third-order valence-electron chi connectivity index (χ3n) is 3.87. The van der Waals surface area contributed by atoms with Gasteiger partial charge in [0.05, 0.1) is 12.0 Å². The average molecular weight is 270 g/mol. The molecule has 110 valence electrons. The minimum atomic E-state index is -0.872. The largest absolute Gasteiger partial charge is 0.481 e. The highest BCUT2D eigenvalue weighted by molar-refractivity contribution is 5.87. The predicted molar refractivity (Wildman–Crippen MR) is 73.9 cm³/mol. The first-order valence-electron chi connectivity index (χ1n) is 7.19. The molecule has 5 nitrogen and oxygen atoms in total. The Labute approximate surface area is 115 Å². The second-order valence-corrected chi connectivity index (χ2v) is 5.78. The van der Waals surface area contributed by atoms with Gasteiger partial charge in [-0.25, -0.2) is 0 Å². The van der Waals surface area contributed by atoms with Crippen molar-refractivity contribution in [1.82, 2.24) is 10.6 Å². The SMILES string of the molecule is CCCC1(C(=O)NC(CC(=O)O)C(C)C)CCCN1. The van der Waals surface area contributed by atoms with Crippen molar-refractivity contribution in [1.29, 1.82) is 0 Å². The zero-order valence-corrected chi connectivity index (χ0v) is 12.2. The molecule has 1 aliphatic rings. The van der Waals surface area contributed by atoms with Crippen LogP contribution < -0.4 is 10.6 Å². The molecular weight excluding hydrogens is 244 g/mol. The van der Waals surface area contributed by atoms with Crippen LogP contribution in [0.3, 0.4) is 0 Å². The molecule has 1 heterocycles. The molecule has 0 bridgehead atoms. The van der Waals surface area contributed by atoms with Crippen molar-refractivity contribution in [2.45, 2.75) is 64.5 Å². The van der Waals surface area contributed by atoms with Crippen molar-refractivity contribution < 1.29 is 14.7 Å². The molecule has 1 rings (SSSR count). The summed E-state index contributed by atoms with van der Waals surface area (Å²) in [5.74, 6) is -0.796. The Bertz CT molecular complexity index is 323. The number of hydrogen-bond acceptors (Lipinski definition) is 3. The first-order chi connectivity index (χ1) is 8.91. The third-order valence-corrected chi connectivity index (χ3v) is 3.87. The minimum absolute atomic E-state index is 0.0222. The molecule has 2 atom stereocenters. The fourth-order valence-corrected chi connectivity index (χ4v) is 2.70. The smallest absolute Gasteiger partial charge is 0.305 e. The van der Waals surface area contributed by atoms with E-state index in [9.17, 15) is 9.59 Å². The van der Waals surface area contributed by atoms with Crippen molar-refractivity contribution in [2.24, 2.45) is 5.92 Å². The van der Waals surface area contributed by atoms with E-state index in [-0.39, 0.29) is 24.3 Å². The van der Waals surface area contributed by atoms with Crippen molar-refractivity contribution in [3.05, 3.63) is 0 Å². The molecule has 1 amide bonds. The van der Waals surface area contributed by atoms with E-state index in [1.165, 1.54) is 0 Å². The lowest BCUT2D eigenvalue weighted by molar-refractivity contribution is -0.138. The van der Waals surface area contributed by atoms with Crippen molar-refractivity contribution in [2.75, 3.05) is 6.54 Å². The van der Waals surface area contributed by atoms with Gasteiger partial charge in [-0.1, -0.05) is 27.2 Å². The van der Waals surface area contributed by atoms with Gasteiger partial charge in [-0.2, -0.15) is 0 Å². The summed E-state index contributed by atoms with van der Waals surface area (Å²) in [6.45, 7) is 6.79. The summed E-state index contributed by atoms with van der Waals surface area (Å²) in [7, 11) is 0. The molecule has 5 heteroatoms. The van der Waals surface area contributed by atoms with Gasteiger partial charge in [0.1, 0.15) is 0 Å². The normalized spacial score (nSPS) is 24.4. The van der Waals surface area contributed by atoms with E-state index < -0.39 is 11.5 Å². The highest BCUT2D eigenvalue weighted by Crippen LogP contribution is 2.25. The molecule has 2 unspecified atom stereocenters. The molecule has 0 aromatic carbocycles. The van der Waals surface area contributed by atoms with Gasteiger partial charge in [-0.3, -0.25) is 9.59 Å². The Balaban J connectivity index is 2.71. The number of amides is 1. The molecule has 1 aliphatic heterocycles. The third kappa shape index (κ3) is 4.20. The molecular formula is C14H26N2O3. The fraction of sp³-hybridized carbons (Fsp3) is 0.857. The predicted octanol–water partition coefficient (Wildman–Crippen LogP) is 1.52. The van der Waals surface area contributed by atoms with Gasteiger partial charge in [0.15, 0.2) is 0 Å². The Morgan fingerprint density at radius 1 is 1.42 bits per heavy atom. The number of carboxylic acids is 1. The van der Waals surface area contributed by atoms with Gasteiger partial charge in [-0.15, -0.1) is 0 Å². The molecule has 1 saturated heterocycles. The summed E-state index contributed by atoms with van der Waals surface area (Å²) in [6.07, 6.45) is 3.55. The van der Waals surface area contributed by atoms with E-state index in [0.717, 1.165) is 32.2 Å². The van der Waals surface area contributed by atoms with Crippen LogP contribution in [0.15, 0.2) is 0 Å². The van der Waals surface area contributed by atoms with Gasteiger partial charge in [0.25, 0.3) is 0 Å². The molecule has 0 saturated carbocycles. The van der Waals surface area contributed by atoms with E-state index >= 15 is 0 Å². The highest BCUT2D eigenvalue weighted by Gasteiger charge is 2.40. The number of nitrogens with one attached hydrogen (secondary N) is 2. The van der Waals surface area contributed by atoms with Crippen LogP contribution in [0.2, 0.25) is 0 Å². The van der Waals surface area contributed by atoms with Crippen LogP contribution in [0.1, 0.15) is 52.9 Å². The molecule has 0 spiro atoms. The lowest BCUT2D eigenvalue weighted by atomic mass is 9.89. The average Bonchev–Trinajstić information content (AvgIpc) is 2.77. The monoisotopic (exact) mass is 270 g/mol. The number of carbonyl (C=O) groups is 2. The van der Waals surface area contributed by atoms with Gasteiger partial charge >= 0.3 is 5.97 Å². The van der Waals surface area contributed by atoms with Crippen LogP contribution in [-0.4, -0.2) is 35.1 Å². The summed E-state index contributed by atoms with van der Waals surface area (Å²) in [4.78, 5) is 23.3. The number of carbonyl (C=O) groups excluding carboxylic acids is 1. The number of aliphatic carboxylic acids is 1. The van der Waals surface area contributed by atoms with E-state index in [1.807, 2.05) is 13.8 Å². The summed E-state index contributed by atoms with van der Waals surface area (Å²) in [5.41, 5.74) is -0.486. The summed E-state index contributed by atoms with van der Waals surface area (Å²) >= 11 is 0. The minimum Gasteiger partial charge on any atom is -0.481 e. The quantitative estimate of drug-likeness (QED) is 0.655. The molecule has 0 aliphatic carbocycles. The van der Waals surface area contributed by atoms with E-state index in [1.54, 1.807) is 0 Å². The zero-order valence-electron chi connectivity index (χ0n) is 12.2. The van der Waals surface area contributed by atoms with Crippen LogP contribution in [-0.2, 0) is 9.59 Å². The fourth-order valence-electron chi connectivity index (χ4n) is 2.70. The number of carboxylic acid groups (broad SMARTS) is 1. The first kappa shape index (κ1) is 16.0. The zero-order chi connectivity index (χ0) is 14.5. The first-order valence-corrected chi connectivity index (χ1v) is 7.19. The van der Waals surface area contributed by atoms with Crippen molar-refractivity contribution in [3.63, 3.8) is 0 Å². The molecule has 1 fully saturated rings. The maximum atomic E-state index is 12.5.